The molecule has 204 valence electrons. The topological polar surface area (TPSA) is 79.1 Å². The van der Waals surface area contributed by atoms with E-state index >= 15 is 0 Å². The molecule has 1 aliphatic heterocycles. The molecular weight excluding hydrogens is 616 g/mol. The van der Waals surface area contributed by atoms with Crippen molar-refractivity contribution in [2.24, 2.45) is 4.99 Å². The first-order chi connectivity index (χ1) is 19.3. The van der Waals surface area contributed by atoms with Gasteiger partial charge in [-0.3, -0.25) is 9.36 Å². The van der Waals surface area contributed by atoms with Crippen molar-refractivity contribution < 1.29 is 19.0 Å². The molecule has 2 heterocycles. The molecule has 1 aromatic heterocycles. The van der Waals surface area contributed by atoms with Crippen molar-refractivity contribution in [3.63, 3.8) is 0 Å². The molecule has 0 fully saturated rings. The molecule has 4 aromatic rings. The van der Waals surface area contributed by atoms with E-state index in [-0.39, 0.29) is 11.1 Å². The predicted molar refractivity (Wildman–Crippen MR) is 159 cm³/mol. The highest BCUT2D eigenvalue weighted by Gasteiger charge is 2.35. The molecule has 0 radical (unpaired) electrons. The second-order valence-electron chi connectivity index (χ2n) is 8.92. The van der Waals surface area contributed by atoms with Crippen LogP contribution in [0.1, 0.15) is 29.7 Å². The van der Waals surface area contributed by atoms with Gasteiger partial charge >= 0.3 is 5.97 Å². The molecule has 0 spiro atoms. The molecule has 1 atom stereocenters. The number of hydrogen-bond acceptors (Lipinski definition) is 7. The minimum Gasteiger partial charge on any atom is -0.496 e. The third-order valence-corrected chi connectivity index (χ3v) is 8.24. The number of benzene rings is 3. The number of carbonyl (C=O) groups is 1. The normalized spacial score (nSPS) is 14.9. The lowest BCUT2D eigenvalue weighted by Gasteiger charge is -2.25. The molecule has 3 aromatic carbocycles. The van der Waals surface area contributed by atoms with Gasteiger partial charge in [-0.2, -0.15) is 0 Å². The van der Waals surface area contributed by atoms with Gasteiger partial charge in [0.15, 0.2) is 4.80 Å². The van der Waals surface area contributed by atoms with Crippen molar-refractivity contribution in [2.45, 2.75) is 19.6 Å². The number of esters is 1. The van der Waals surface area contributed by atoms with Crippen LogP contribution >= 0.6 is 38.9 Å². The minimum absolute atomic E-state index is 0.240. The van der Waals surface area contributed by atoms with Crippen LogP contribution in [-0.2, 0) is 16.1 Å². The standard InChI is InChI=1S/C30H24BrClN2O5S/c1-17-26(29(36)38-3)27(21-15-20(32)10-12-23(21)37-2)34-28(35)25(40-30(34)33-17)14-19-9-11-24(22(31)13-19)39-16-18-7-5-4-6-8-18/h4-15,27H,16H2,1-3H3/b25-14-/t27-/m0/s1. The van der Waals surface area contributed by atoms with E-state index in [0.717, 1.165) is 15.6 Å². The smallest absolute Gasteiger partial charge is 0.338 e. The van der Waals surface area contributed by atoms with Crippen molar-refractivity contribution in [1.82, 2.24) is 4.57 Å². The zero-order valence-electron chi connectivity index (χ0n) is 21.8. The minimum atomic E-state index is -0.833. The summed E-state index contributed by atoms with van der Waals surface area (Å²) in [6.45, 7) is 2.16. The van der Waals surface area contributed by atoms with Crippen LogP contribution in [0.3, 0.4) is 0 Å². The molecule has 10 heteroatoms. The van der Waals surface area contributed by atoms with Crippen molar-refractivity contribution in [1.29, 1.82) is 0 Å². The molecule has 0 N–H and O–H groups in total. The Hall–Kier alpha value is -3.66. The molecule has 1 aliphatic rings. The number of carbonyl (C=O) groups excluding carboxylic acids is 1. The van der Waals surface area contributed by atoms with Crippen LogP contribution < -0.4 is 24.4 Å². The van der Waals surface area contributed by atoms with E-state index in [1.54, 1.807) is 31.2 Å². The lowest BCUT2D eigenvalue weighted by atomic mass is 9.95. The van der Waals surface area contributed by atoms with E-state index in [2.05, 4.69) is 20.9 Å². The van der Waals surface area contributed by atoms with E-state index < -0.39 is 12.0 Å². The second kappa shape index (κ2) is 11.8. The van der Waals surface area contributed by atoms with Crippen LogP contribution in [0.4, 0.5) is 0 Å². The Labute approximate surface area is 247 Å². The number of rotatable bonds is 7. The van der Waals surface area contributed by atoms with E-state index in [4.69, 9.17) is 25.8 Å². The van der Waals surface area contributed by atoms with Gasteiger partial charge in [0.2, 0.25) is 0 Å². The summed E-state index contributed by atoms with van der Waals surface area (Å²) in [5.74, 6) is 0.585. The van der Waals surface area contributed by atoms with Crippen molar-refractivity contribution in [2.75, 3.05) is 14.2 Å². The van der Waals surface area contributed by atoms with Gasteiger partial charge in [0.05, 0.1) is 34.5 Å². The lowest BCUT2D eigenvalue weighted by Crippen LogP contribution is -2.40. The van der Waals surface area contributed by atoms with Gasteiger partial charge in [-0.25, -0.2) is 9.79 Å². The molecule has 0 bridgehead atoms. The second-order valence-corrected chi connectivity index (χ2v) is 11.2. The largest absolute Gasteiger partial charge is 0.496 e. The van der Waals surface area contributed by atoms with Gasteiger partial charge < -0.3 is 14.2 Å². The number of nitrogens with zero attached hydrogens (tertiary/aromatic N) is 2. The van der Waals surface area contributed by atoms with Crippen molar-refractivity contribution in [3.05, 3.63) is 124 Å². The van der Waals surface area contributed by atoms with Crippen LogP contribution in [0.5, 0.6) is 11.5 Å². The third kappa shape index (κ3) is 5.50. The number of halogens is 2. The molecule has 0 aliphatic carbocycles. The fraction of sp³-hybridized carbons (Fsp3) is 0.167. The van der Waals surface area contributed by atoms with E-state index in [1.165, 1.54) is 30.1 Å². The first kappa shape index (κ1) is 27.9. The average molecular weight is 640 g/mol. The summed E-state index contributed by atoms with van der Waals surface area (Å²) in [5, 5.41) is 0.441. The average Bonchev–Trinajstić information content (AvgIpc) is 3.25. The highest BCUT2D eigenvalue weighted by atomic mass is 79.9. The summed E-state index contributed by atoms with van der Waals surface area (Å²) < 4.78 is 19.3. The SMILES string of the molecule is COC(=O)C1=C(C)N=c2s/c(=C\c3ccc(OCc4ccccc4)c(Br)c3)c(=O)n2[C@H]1c1cc(Cl)ccc1OC. The Morgan fingerprint density at radius 1 is 1.10 bits per heavy atom. The summed E-state index contributed by atoms with van der Waals surface area (Å²) in [6.07, 6.45) is 1.79. The number of ether oxygens (including phenoxy) is 3. The summed E-state index contributed by atoms with van der Waals surface area (Å²) in [6, 6.07) is 19.8. The van der Waals surface area contributed by atoms with Gasteiger partial charge in [0.1, 0.15) is 24.1 Å². The Bertz CT molecular complexity index is 1810. The Balaban J connectivity index is 1.58. The van der Waals surface area contributed by atoms with Crippen LogP contribution in [0.15, 0.2) is 92.3 Å². The Morgan fingerprint density at radius 2 is 1.85 bits per heavy atom. The summed E-state index contributed by atoms with van der Waals surface area (Å²) in [4.78, 5) is 31.8. The lowest BCUT2D eigenvalue weighted by molar-refractivity contribution is -0.136. The third-order valence-electron chi connectivity index (χ3n) is 6.40. The maximum absolute atomic E-state index is 13.9. The molecule has 5 rings (SSSR count). The predicted octanol–water partition coefficient (Wildman–Crippen LogP) is 5.41. The van der Waals surface area contributed by atoms with Gasteiger partial charge in [-0.15, -0.1) is 0 Å². The maximum atomic E-state index is 13.9. The zero-order chi connectivity index (χ0) is 28.4. The van der Waals surface area contributed by atoms with Gasteiger partial charge in [0, 0.05) is 10.6 Å². The molecule has 0 saturated heterocycles. The van der Waals surface area contributed by atoms with Crippen LogP contribution in [0.25, 0.3) is 6.08 Å². The summed E-state index contributed by atoms with van der Waals surface area (Å²) in [5.41, 5.74) is 2.81. The first-order valence-electron chi connectivity index (χ1n) is 12.2. The zero-order valence-corrected chi connectivity index (χ0v) is 25.0. The molecular formula is C30H24BrClN2O5S. The molecule has 0 amide bonds. The van der Waals surface area contributed by atoms with Crippen LogP contribution in [0.2, 0.25) is 5.02 Å². The van der Waals surface area contributed by atoms with Crippen LogP contribution in [-0.4, -0.2) is 24.8 Å². The van der Waals surface area contributed by atoms with Crippen LogP contribution in [0, 0.1) is 0 Å². The maximum Gasteiger partial charge on any atom is 0.338 e. The number of thiazole rings is 1. The fourth-order valence-corrected chi connectivity index (χ4v) is 6.25. The van der Waals surface area contributed by atoms with E-state index in [9.17, 15) is 9.59 Å². The first-order valence-corrected chi connectivity index (χ1v) is 14.2. The van der Waals surface area contributed by atoms with Gasteiger partial charge in [-0.05, 0) is 70.4 Å². The van der Waals surface area contributed by atoms with E-state index in [1.807, 2.05) is 48.5 Å². The molecule has 0 unspecified atom stereocenters. The number of aromatic nitrogens is 1. The van der Waals surface area contributed by atoms with Gasteiger partial charge in [0.25, 0.3) is 5.56 Å². The van der Waals surface area contributed by atoms with E-state index in [0.29, 0.717) is 43.7 Å². The summed E-state index contributed by atoms with van der Waals surface area (Å²) in [7, 11) is 2.82. The molecule has 40 heavy (non-hydrogen) atoms. The Kier molecular flexibility index (Phi) is 8.25. The van der Waals surface area contributed by atoms with Crippen molar-refractivity contribution >= 4 is 50.9 Å². The quantitative estimate of drug-likeness (QED) is 0.253. The molecule has 0 saturated carbocycles. The number of allylic oxidation sites excluding steroid dienone is 1. The molecule has 7 nitrogen and oxygen atoms in total. The van der Waals surface area contributed by atoms with Crippen molar-refractivity contribution in [3.8, 4) is 11.5 Å². The Morgan fingerprint density at radius 3 is 2.55 bits per heavy atom. The highest BCUT2D eigenvalue weighted by Crippen LogP contribution is 2.37. The highest BCUT2D eigenvalue weighted by molar-refractivity contribution is 9.10. The number of hydrogen-bond donors (Lipinski definition) is 0. The van der Waals surface area contributed by atoms with Gasteiger partial charge in [-0.1, -0.05) is 59.3 Å². The monoisotopic (exact) mass is 638 g/mol. The fourth-order valence-electron chi connectivity index (χ4n) is 4.52. The number of fused-ring (bicyclic) bond motifs is 1. The number of methoxy groups -OCH3 is 2. The summed E-state index contributed by atoms with van der Waals surface area (Å²) >= 11 is 11.2.